The van der Waals surface area contributed by atoms with Gasteiger partial charge in [-0.1, -0.05) is 29.8 Å². The molecule has 0 saturated heterocycles. The number of benzene rings is 2. The fourth-order valence-electron chi connectivity index (χ4n) is 2.46. The number of rotatable bonds is 7. The molecule has 0 radical (unpaired) electrons. The van der Waals surface area contributed by atoms with Crippen molar-refractivity contribution < 1.29 is 27.1 Å². The normalized spacial score (nSPS) is 11.3. The first-order valence-electron chi connectivity index (χ1n) is 8.78. The highest BCUT2D eigenvalue weighted by Crippen LogP contribution is 2.26. The van der Waals surface area contributed by atoms with Crippen molar-refractivity contribution in [3.05, 3.63) is 60.0 Å². The van der Waals surface area contributed by atoms with Gasteiger partial charge >= 0.3 is 6.18 Å². The maximum absolute atomic E-state index is 12.4. The van der Waals surface area contributed by atoms with Gasteiger partial charge in [-0.3, -0.25) is 4.79 Å². The van der Waals surface area contributed by atoms with Crippen LogP contribution in [-0.4, -0.2) is 28.9 Å². The van der Waals surface area contributed by atoms with Gasteiger partial charge < -0.3 is 14.5 Å². The minimum absolute atomic E-state index is 0.0170. The fourth-order valence-corrected chi connectivity index (χ4v) is 2.46. The lowest BCUT2D eigenvalue weighted by molar-refractivity contribution is -0.153. The maximum Gasteiger partial charge on any atom is 0.422 e. The molecule has 9 heteroatoms. The minimum atomic E-state index is -4.47. The zero-order valence-electron chi connectivity index (χ0n) is 15.5. The van der Waals surface area contributed by atoms with E-state index in [0.717, 1.165) is 11.1 Å². The lowest BCUT2D eigenvalue weighted by Gasteiger charge is -2.13. The van der Waals surface area contributed by atoms with E-state index < -0.39 is 18.7 Å². The summed E-state index contributed by atoms with van der Waals surface area (Å²) in [6, 6.07) is 13.5. The Kier molecular flexibility index (Phi) is 6.16. The molecule has 0 unspecified atom stereocenters. The van der Waals surface area contributed by atoms with Crippen LogP contribution in [0.4, 0.5) is 18.9 Å². The smallest absolute Gasteiger partial charge is 0.422 e. The summed E-state index contributed by atoms with van der Waals surface area (Å²) in [7, 11) is 0. The highest BCUT2D eigenvalue weighted by molar-refractivity contribution is 5.92. The molecule has 29 heavy (non-hydrogen) atoms. The number of hydrogen-bond acceptors (Lipinski definition) is 5. The van der Waals surface area contributed by atoms with Crippen LogP contribution in [0.2, 0.25) is 0 Å². The second-order valence-electron chi connectivity index (χ2n) is 6.32. The van der Waals surface area contributed by atoms with Gasteiger partial charge in [0.2, 0.25) is 17.7 Å². The SMILES string of the molecule is Cc1ccc(-c2nnc(CCC(=O)Nc3ccccc3OCC(F)(F)F)o2)cc1. The van der Waals surface area contributed by atoms with Gasteiger partial charge in [-0.25, -0.2) is 0 Å². The van der Waals surface area contributed by atoms with Gasteiger partial charge in [0.15, 0.2) is 6.61 Å². The summed E-state index contributed by atoms with van der Waals surface area (Å²) in [6.07, 6.45) is -4.26. The average molecular weight is 405 g/mol. The van der Waals surface area contributed by atoms with Gasteiger partial charge in [-0.2, -0.15) is 13.2 Å². The topological polar surface area (TPSA) is 77.2 Å². The van der Waals surface area contributed by atoms with E-state index in [4.69, 9.17) is 9.15 Å². The Morgan fingerprint density at radius 2 is 1.83 bits per heavy atom. The maximum atomic E-state index is 12.4. The first-order chi connectivity index (χ1) is 13.8. The molecule has 0 saturated carbocycles. The van der Waals surface area contributed by atoms with Crippen molar-refractivity contribution in [3.8, 4) is 17.2 Å². The third-order valence-corrected chi connectivity index (χ3v) is 3.88. The first kappa shape index (κ1) is 20.4. The summed E-state index contributed by atoms with van der Waals surface area (Å²) < 4.78 is 47.4. The van der Waals surface area contributed by atoms with E-state index in [0.29, 0.717) is 5.89 Å². The molecule has 0 bridgehead atoms. The van der Waals surface area contributed by atoms with Gasteiger partial charge in [-0.05, 0) is 31.2 Å². The van der Waals surface area contributed by atoms with Crippen molar-refractivity contribution in [1.29, 1.82) is 0 Å². The first-order valence-corrected chi connectivity index (χ1v) is 8.78. The molecule has 152 valence electrons. The Morgan fingerprint density at radius 1 is 1.10 bits per heavy atom. The van der Waals surface area contributed by atoms with Crippen LogP contribution in [-0.2, 0) is 11.2 Å². The number of hydrogen-bond donors (Lipinski definition) is 1. The van der Waals surface area contributed by atoms with Gasteiger partial charge in [-0.15, -0.1) is 10.2 Å². The van der Waals surface area contributed by atoms with Crippen LogP contribution in [0.15, 0.2) is 52.9 Å². The molecule has 0 aliphatic carbocycles. The summed E-state index contributed by atoms with van der Waals surface area (Å²) in [6.45, 7) is 0.525. The number of nitrogens with one attached hydrogen (secondary N) is 1. The van der Waals surface area contributed by atoms with E-state index in [2.05, 4.69) is 15.5 Å². The molecule has 3 aromatic rings. The van der Waals surface area contributed by atoms with E-state index >= 15 is 0 Å². The number of alkyl halides is 3. The molecule has 0 aliphatic rings. The lowest BCUT2D eigenvalue weighted by Crippen LogP contribution is -2.20. The number of para-hydroxylation sites is 2. The Labute approximate surface area is 164 Å². The molecule has 0 fully saturated rings. The van der Waals surface area contributed by atoms with Crippen molar-refractivity contribution in [3.63, 3.8) is 0 Å². The summed E-state index contributed by atoms with van der Waals surface area (Å²) in [4.78, 5) is 12.2. The summed E-state index contributed by atoms with van der Waals surface area (Å²) >= 11 is 0. The monoisotopic (exact) mass is 405 g/mol. The number of halogens is 3. The molecule has 1 N–H and O–H groups in total. The molecule has 1 amide bonds. The Morgan fingerprint density at radius 3 is 2.55 bits per heavy atom. The van der Waals surface area contributed by atoms with Crippen molar-refractivity contribution >= 4 is 11.6 Å². The van der Waals surface area contributed by atoms with E-state index in [1.165, 1.54) is 18.2 Å². The molecule has 0 aliphatic heterocycles. The van der Waals surface area contributed by atoms with Crippen molar-refractivity contribution in [2.75, 3.05) is 11.9 Å². The third-order valence-electron chi connectivity index (χ3n) is 3.88. The van der Waals surface area contributed by atoms with Gasteiger partial charge in [0.05, 0.1) is 5.69 Å². The number of aryl methyl sites for hydroxylation is 2. The molecule has 0 spiro atoms. The van der Waals surface area contributed by atoms with E-state index in [1.54, 1.807) is 6.07 Å². The van der Waals surface area contributed by atoms with Crippen LogP contribution >= 0.6 is 0 Å². The standard InChI is InChI=1S/C20H18F3N3O3/c1-13-6-8-14(9-7-13)19-26-25-18(29-19)11-10-17(27)24-15-4-2-3-5-16(15)28-12-20(21,22)23/h2-9H,10-12H2,1H3,(H,24,27). The number of aromatic nitrogens is 2. The number of carbonyl (C=O) groups is 1. The number of carbonyl (C=O) groups excluding carboxylic acids is 1. The summed E-state index contributed by atoms with van der Waals surface area (Å²) in [5, 5.41) is 10.4. The van der Waals surface area contributed by atoms with Crippen LogP contribution in [0.1, 0.15) is 17.9 Å². The predicted octanol–water partition coefficient (Wildman–Crippen LogP) is 4.56. The largest absolute Gasteiger partial charge is 0.482 e. The van der Waals surface area contributed by atoms with E-state index in [1.807, 2.05) is 31.2 Å². The van der Waals surface area contributed by atoms with Crippen molar-refractivity contribution in [1.82, 2.24) is 10.2 Å². The Hall–Kier alpha value is -3.36. The molecule has 1 heterocycles. The quantitative estimate of drug-likeness (QED) is 0.624. The highest BCUT2D eigenvalue weighted by Gasteiger charge is 2.28. The Bertz CT molecular complexity index is 969. The number of ether oxygens (including phenoxy) is 1. The predicted molar refractivity (Wildman–Crippen MR) is 99.4 cm³/mol. The summed E-state index contributed by atoms with van der Waals surface area (Å²) in [5.41, 5.74) is 2.03. The number of amides is 1. The second kappa shape index (κ2) is 8.76. The van der Waals surface area contributed by atoms with Crippen LogP contribution < -0.4 is 10.1 Å². The molecular weight excluding hydrogens is 387 g/mol. The zero-order chi connectivity index (χ0) is 20.9. The number of nitrogens with zero attached hydrogens (tertiary/aromatic N) is 2. The molecule has 0 atom stereocenters. The number of anilines is 1. The fraction of sp³-hybridized carbons (Fsp3) is 0.250. The van der Waals surface area contributed by atoms with Gasteiger partial charge in [0.25, 0.3) is 0 Å². The molecule has 2 aromatic carbocycles. The minimum Gasteiger partial charge on any atom is -0.482 e. The second-order valence-corrected chi connectivity index (χ2v) is 6.32. The highest BCUT2D eigenvalue weighted by atomic mass is 19.4. The Balaban J connectivity index is 1.56. The van der Waals surface area contributed by atoms with E-state index in [9.17, 15) is 18.0 Å². The zero-order valence-corrected chi connectivity index (χ0v) is 15.5. The molecule has 3 rings (SSSR count). The van der Waals surface area contributed by atoms with E-state index in [-0.39, 0.29) is 30.2 Å². The average Bonchev–Trinajstić information content (AvgIpc) is 3.15. The van der Waals surface area contributed by atoms with Crippen molar-refractivity contribution in [2.45, 2.75) is 25.9 Å². The third kappa shape index (κ3) is 6.06. The van der Waals surface area contributed by atoms with Gasteiger partial charge in [0.1, 0.15) is 5.75 Å². The summed E-state index contributed by atoms with van der Waals surface area (Å²) in [5.74, 6) is 0.171. The van der Waals surface area contributed by atoms with Crippen LogP contribution in [0.5, 0.6) is 5.75 Å². The molecule has 1 aromatic heterocycles. The molecule has 6 nitrogen and oxygen atoms in total. The van der Waals surface area contributed by atoms with Crippen molar-refractivity contribution in [2.24, 2.45) is 0 Å². The van der Waals surface area contributed by atoms with Crippen LogP contribution in [0.3, 0.4) is 0 Å². The van der Waals surface area contributed by atoms with Crippen LogP contribution in [0.25, 0.3) is 11.5 Å². The van der Waals surface area contributed by atoms with Crippen LogP contribution in [0, 0.1) is 6.92 Å². The molecular formula is C20H18F3N3O3. The van der Waals surface area contributed by atoms with Gasteiger partial charge in [0, 0.05) is 18.4 Å². The lowest BCUT2D eigenvalue weighted by atomic mass is 10.1.